The first kappa shape index (κ1) is 20.3. The number of thioether (sulfide) groups is 1. The van der Waals surface area contributed by atoms with Gasteiger partial charge in [-0.05, 0) is 25.1 Å². The zero-order valence-corrected chi connectivity index (χ0v) is 17.2. The molecule has 2 aliphatic rings. The minimum Gasteiger partial charge on any atom is -0.355 e. The van der Waals surface area contributed by atoms with Crippen molar-refractivity contribution in [1.29, 1.82) is 0 Å². The van der Waals surface area contributed by atoms with Crippen LogP contribution in [0, 0.1) is 0 Å². The topological polar surface area (TPSA) is 42.9 Å². The van der Waals surface area contributed by atoms with E-state index in [1.807, 2.05) is 7.05 Å². The molecule has 0 radical (unpaired) electrons. The predicted octanol–water partition coefficient (Wildman–Crippen LogP) is 1.30. The molecule has 0 saturated carbocycles. The third-order valence-electron chi connectivity index (χ3n) is 4.38. The highest BCUT2D eigenvalue weighted by molar-refractivity contribution is 14.0. The summed E-state index contributed by atoms with van der Waals surface area (Å²) in [6.45, 7) is 11.4. The summed E-state index contributed by atoms with van der Waals surface area (Å²) in [5, 5.41) is 7.67. The van der Waals surface area contributed by atoms with Crippen LogP contribution < -0.4 is 10.6 Å². The fraction of sp³-hybridized carbons (Fsp3) is 0.933. The van der Waals surface area contributed by atoms with Gasteiger partial charge in [0.15, 0.2) is 5.96 Å². The molecule has 0 bridgehead atoms. The molecule has 22 heavy (non-hydrogen) atoms. The van der Waals surface area contributed by atoms with Gasteiger partial charge in [0.25, 0.3) is 0 Å². The van der Waals surface area contributed by atoms with E-state index in [0.717, 1.165) is 30.8 Å². The van der Waals surface area contributed by atoms with Gasteiger partial charge in [0, 0.05) is 58.1 Å². The molecule has 130 valence electrons. The largest absolute Gasteiger partial charge is 0.355 e. The Hall–Kier alpha value is 0.270. The van der Waals surface area contributed by atoms with Crippen LogP contribution in [0.4, 0.5) is 0 Å². The molecule has 5 nitrogen and oxygen atoms in total. The van der Waals surface area contributed by atoms with Crippen molar-refractivity contribution in [3.8, 4) is 0 Å². The van der Waals surface area contributed by atoms with Gasteiger partial charge in [-0.1, -0.05) is 6.92 Å². The number of guanidine groups is 1. The number of nitrogens with zero attached hydrogens (tertiary/aromatic N) is 3. The lowest BCUT2D eigenvalue weighted by Crippen LogP contribution is -2.49. The number of rotatable bonds is 6. The summed E-state index contributed by atoms with van der Waals surface area (Å²) in [4.78, 5) is 9.37. The van der Waals surface area contributed by atoms with Gasteiger partial charge in [-0.15, -0.1) is 24.0 Å². The summed E-state index contributed by atoms with van der Waals surface area (Å²) in [5.41, 5.74) is 0. The van der Waals surface area contributed by atoms with Crippen LogP contribution in [0.15, 0.2) is 4.99 Å². The van der Waals surface area contributed by atoms with E-state index in [4.69, 9.17) is 0 Å². The molecule has 0 aromatic heterocycles. The molecule has 0 spiro atoms. The summed E-state index contributed by atoms with van der Waals surface area (Å²) >= 11 is 2.09. The third kappa shape index (κ3) is 7.23. The number of hydrogen-bond donors (Lipinski definition) is 2. The second-order valence-electron chi connectivity index (χ2n) is 5.79. The maximum atomic E-state index is 4.32. The highest BCUT2D eigenvalue weighted by Gasteiger charge is 2.16. The van der Waals surface area contributed by atoms with Crippen LogP contribution in [0.25, 0.3) is 0 Å². The number of likely N-dealkylation sites (N-methyl/N-ethyl adjacent to an activating group) is 1. The van der Waals surface area contributed by atoms with Gasteiger partial charge in [-0.25, -0.2) is 0 Å². The average molecular weight is 441 g/mol. The smallest absolute Gasteiger partial charge is 0.191 e. The first-order valence-corrected chi connectivity index (χ1v) is 9.37. The second kappa shape index (κ2) is 11.8. The van der Waals surface area contributed by atoms with Crippen molar-refractivity contribution in [2.45, 2.75) is 25.0 Å². The van der Waals surface area contributed by atoms with Gasteiger partial charge in [-0.3, -0.25) is 9.89 Å². The molecule has 0 aliphatic carbocycles. The van der Waals surface area contributed by atoms with Gasteiger partial charge < -0.3 is 15.5 Å². The lowest BCUT2D eigenvalue weighted by Gasteiger charge is -2.34. The van der Waals surface area contributed by atoms with Crippen molar-refractivity contribution >= 4 is 41.7 Å². The van der Waals surface area contributed by atoms with Gasteiger partial charge >= 0.3 is 0 Å². The molecule has 0 amide bonds. The lowest BCUT2D eigenvalue weighted by atomic mass is 10.2. The Morgan fingerprint density at radius 3 is 2.50 bits per heavy atom. The Balaban J connectivity index is 0.00000242. The van der Waals surface area contributed by atoms with Crippen molar-refractivity contribution in [2.24, 2.45) is 4.99 Å². The maximum Gasteiger partial charge on any atom is 0.191 e. The Kier molecular flexibility index (Phi) is 10.9. The minimum atomic E-state index is 0. The molecule has 2 heterocycles. The van der Waals surface area contributed by atoms with Crippen LogP contribution in [-0.2, 0) is 0 Å². The average Bonchev–Trinajstić information content (AvgIpc) is 3.04. The van der Waals surface area contributed by atoms with Crippen molar-refractivity contribution in [2.75, 3.05) is 65.2 Å². The van der Waals surface area contributed by atoms with E-state index in [0.29, 0.717) is 0 Å². The van der Waals surface area contributed by atoms with E-state index in [2.05, 4.69) is 44.1 Å². The van der Waals surface area contributed by atoms with Gasteiger partial charge in [0.1, 0.15) is 0 Å². The lowest BCUT2D eigenvalue weighted by molar-refractivity contribution is 0.139. The molecule has 2 rings (SSSR count). The van der Waals surface area contributed by atoms with E-state index >= 15 is 0 Å². The zero-order chi connectivity index (χ0) is 14.9. The summed E-state index contributed by atoms with van der Waals surface area (Å²) in [6, 6.07) is 0. The van der Waals surface area contributed by atoms with Crippen molar-refractivity contribution in [3.05, 3.63) is 0 Å². The van der Waals surface area contributed by atoms with Crippen molar-refractivity contribution < 1.29 is 0 Å². The highest BCUT2D eigenvalue weighted by atomic mass is 127. The van der Waals surface area contributed by atoms with E-state index in [9.17, 15) is 0 Å². The Labute approximate surface area is 157 Å². The molecule has 1 atom stereocenters. The number of hydrogen-bond acceptors (Lipinski definition) is 4. The molecule has 2 saturated heterocycles. The van der Waals surface area contributed by atoms with Crippen molar-refractivity contribution in [1.82, 2.24) is 20.4 Å². The summed E-state index contributed by atoms with van der Waals surface area (Å²) in [7, 11) is 1.86. The molecule has 2 N–H and O–H groups in total. The Morgan fingerprint density at radius 1 is 1.18 bits per heavy atom. The summed E-state index contributed by atoms with van der Waals surface area (Å²) in [6.07, 6.45) is 2.71. The van der Waals surface area contributed by atoms with E-state index in [1.54, 1.807) is 0 Å². The second-order valence-corrected chi connectivity index (χ2v) is 7.20. The van der Waals surface area contributed by atoms with E-state index in [1.165, 1.54) is 51.3 Å². The van der Waals surface area contributed by atoms with Crippen LogP contribution in [0.5, 0.6) is 0 Å². The third-order valence-corrected chi connectivity index (χ3v) is 5.78. The molecular weight excluding hydrogens is 409 g/mol. The quantitative estimate of drug-likeness (QED) is 0.370. The molecule has 2 aliphatic heterocycles. The number of piperazine rings is 1. The van der Waals surface area contributed by atoms with E-state index < -0.39 is 0 Å². The molecule has 2 fully saturated rings. The van der Waals surface area contributed by atoms with Crippen molar-refractivity contribution in [3.63, 3.8) is 0 Å². The van der Waals surface area contributed by atoms with Crippen LogP contribution >= 0.6 is 35.7 Å². The summed E-state index contributed by atoms with van der Waals surface area (Å²) in [5.74, 6) is 2.27. The monoisotopic (exact) mass is 441 g/mol. The number of halogens is 1. The van der Waals surface area contributed by atoms with E-state index in [-0.39, 0.29) is 24.0 Å². The van der Waals surface area contributed by atoms with Gasteiger partial charge in [0.05, 0.1) is 0 Å². The molecular formula is C15H32IN5S. The van der Waals surface area contributed by atoms with Crippen LogP contribution in [-0.4, -0.2) is 86.2 Å². The molecule has 1 unspecified atom stereocenters. The van der Waals surface area contributed by atoms with Crippen LogP contribution in [0.1, 0.15) is 19.8 Å². The zero-order valence-electron chi connectivity index (χ0n) is 14.0. The van der Waals surface area contributed by atoms with Gasteiger partial charge in [-0.2, -0.15) is 11.8 Å². The first-order chi connectivity index (χ1) is 10.3. The van der Waals surface area contributed by atoms with Crippen LogP contribution in [0.2, 0.25) is 0 Å². The SMILES string of the molecule is CCN1CCN(CCNC(=NC)NCC2CCCS2)CC1.I. The standard InChI is InChI=1S/C15H31N5S.HI/c1-3-19-8-10-20(11-9-19)7-6-17-15(16-2)18-13-14-5-4-12-21-14;/h14H,3-13H2,1-2H3,(H2,16,17,18);1H. The minimum absolute atomic E-state index is 0. The molecule has 0 aromatic rings. The summed E-state index contributed by atoms with van der Waals surface area (Å²) < 4.78 is 0. The van der Waals surface area contributed by atoms with Crippen LogP contribution in [0.3, 0.4) is 0 Å². The Morgan fingerprint density at radius 2 is 1.91 bits per heavy atom. The molecule has 7 heteroatoms. The van der Waals surface area contributed by atoms with Gasteiger partial charge in [0.2, 0.25) is 0 Å². The molecule has 0 aromatic carbocycles. The predicted molar refractivity (Wildman–Crippen MR) is 109 cm³/mol. The number of nitrogens with one attached hydrogen (secondary N) is 2. The first-order valence-electron chi connectivity index (χ1n) is 8.32. The highest BCUT2D eigenvalue weighted by Crippen LogP contribution is 2.25. The Bertz CT molecular complexity index is 315. The normalized spacial score (nSPS) is 24.1. The number of aliphatic imine (C=N–C) groups is 1. The fourth-order valence-corrected chi connectivity index (χ4v) is 4.10. The fourth-order valence-electron chi connectivity index (χ4n) is 2.90. The maximum absolute atomic E-state index is 4.32.